The Kier molecular flexibility index (Phi) is 15.9. The van der Waals surface area contributed by atoms with Crippen LogP contribution in [0.4, 0.5) is 0 Å². The van der Waals surface area contributed by atoms with E-state index >= 15 is 0 Å². The fraction of sp³-hybridized carbons (Fsp3) is 0.200. The number of hydrogen-bond acceptors (Lipinski definition) is 4. The summed E-state index contributed by atoms with van der Waals surface area (Å²) in [7, 11) is -4.07. The van der Waals surface area contributed by atoms with Crippen molar-refractivity contribution in [1.82, 2.24) is 0 Å². The van der Waals surface area contributed by atoms with E-state index < -0.39 is 22.1 Å². The monoisotopic (exact) mass is 366 g/mol. The van der Waals surface area contributed by atoms with E-state index in [0.717, 1.165) is 6.08 Å². The van der Waals surface area contributed by atoms with Crippen LogP contribution >= 0.6 is 0 Å². The average molecular weight is 366 g/mol. The van der Waals surface area contributed by atoms with Crippen molar-refractivity contribution in [2.45, 2.75) is 13.3 Å². The summed E-state index contributed by atoms with van der Waals surface area (Å²) in [4.78, 5) is 18.7. The van der Waals surface area contributed by atoms with Crippen molar-refractivity contribution in [2.75, 3.05) is 0 Å². The molecular formula is C15H19NaO7S. The summed E-state index contributed by atoms with van der Waals surface area (Å²) in [6, 6.07) is 0. The van der Waals surface area contributed by atoms with Crippen LogP contribution in [0.3, 0.4) is 0 Å². The Morgan fingerprint density at radius 2 is 1.75 bits per heavy atom. The van der Waals surface area contributed by atoms with Gasteiger partial charge in [-0.15, -0.1) is 6.58 Å². The minimum Gasteiger partial charge on any atom is -0.478 e. The van der Waals surface area contributed by atoms with Gasteiger partial charge in [-0.3, -0.25) is 4.55 Å². The van der Waals surface area contributed by atoms with Gasteiger partial charge >= 0.3 is 41.5 Å². The SMILES string of the molecule is C=C(C)C(=O)O.C=CC(=O)O.C=CC1C=[C-]C(S(=O)(=O)O)=CC1.[Na+]. The fourth-order valence-corrected chi connectivity index (χ4v) is 1.43. The summed E-state index contributed by atoms with van der Waals surface area (Å²) >= 11 is 0. The van der Waals surface area contributed by atoms with Crippen molar-refractivity contribution in [1.29, 1.82) is 0 Å². The first kappa shape index (κ1) is 27.4. The third-order valence-corrected chi connectivity index (χ3v) is 2.98. The Balaban J connectivity index is -0.000000313. The molecule has 1 aliphatic carbocycles. The Morgan fingerprint density at radius 3 is 1.92 bits per heavy atom. The minimum atomic E-state index is -4.07. The van der Waals surface area contributed by atoms with Gasteiger partial charge in [0, 0.05) is 11.6 Å². The third-order valence-electron chi connectivity index (χ3n) is 2.14. The van der Waals surface area contributed by atoms with Crippen molar-refractivity contribution in [3.05, 3.63) is 60.6 Å². The van der Waals surface area contributed by atoms with E-state index in [2.05, 4.69) is 25.8 Å². The molecule has 24 heavy (non-hydrogen) atoms. The molecule has 0 aliphatic heterocycles. The molecule has 0 aromatic heterocycles. The molecular weight excluding hydrogens is 347 g/mol. The average Bonchev–Trinajstić information content (AvgIpc) is 2.47. The van der Waals surface area contributed by atoms with Gasteiger partial charge < -0.3 is 10.2 Å². The molecule has 1 aliphatic rings. The summed E-state index contributed by atoms with van der Waals surface area (Å²) in [6.45, 7) is 11.1. The van der Waals surface area contributed by atoms with Gasteiger partial charge in [-0.1, -0.05) is 30.6 Å². The largest absolute Gasteiger partial charge is 1.00 e. The molecule has 0 radical (unpaired) electrons. The standard InChI is InChI=1S/C8H9O3S.C4H6O2.C3H4O2.Na/c1-2-7-3-5-8(6-4-7)12(9,10)11;1-3(2)4(5)6;1-2-3(4)5;/h2-3,6-7H,1,4H2,(H,9,10,11);1H2,2H3,(H,5,6);2H,1H2,(H,4,5);/q-1;;;+1. The first-order valence-corrected chi connectivity index (χ1v) is 7.53. The van der Waals surface area contributed by atoms with Crippen molar-refractivity contribution >= 4 is 22.1 Å². The predicted molar refractivity (Wildman–Crippen MR) is 86.0 cm³/mol. The summed E-state index contributed by atoms with van der Waals surface area (Å²) in [5.74, 6) is -1.80. The predicted octanol–water partition coefficient (Wildman–Crippen LogP) is -0.769. The molecule has 0 spiro atoms. The van der Waals surface area contributed by atoms with Crippen LogP contribution in [0.5, 0.6) is 0 Å². The van der Waals surface area contributed by atoms with Gasteiger partial charge in [0.1, 0.15) is 0 Å². The van der Waals surface area contributed by atoms with Gasteiger partial charge in [-0.25, -0.2) is 21.7 Å². The molecule has 3 N–H and O–H groups in total. The van der Waals surface area contributed by atoms with Crippen molar-refractivity contribution in [3.63, 3.8) is 0 Å². The Morgan fingerprint density at radius 1 is 1.33 bits per heavy atom. The topological polar surface area (TPSA) is 129 Å². The van der Waals surface area contributed by atoms with Gasteiger partial charge in [0.2, 0.25) is 0 Å². The molecule has 1 atom stereocenters. The van der Waals surface area contributed by atoms with Crippen LogP contribution in [0, 0.1) is 12.0 Å². The van der Waals surface area contributed by atoms with Crippen LogP contribution in [0.2, 0.25) is 0 Å². The zero-order chi connectivity index (χ0) is 18.6. The van der Waals surface area contributed by atoms with Crippen molar-refractivity contribution in [3.8, 4) is 0 Å². The van der Waals surface area contributed by atoms with E-state index in [1.165, 1.54) is 13.0 Å². The molecule has 0 aromatic rings. The Bertz CT molecular complexity index is 618. The van der Waals surface area contributed by atoms with Gasteiger partial charge in [-0.2, -0.15) is 14.5 Å². The van der Waals surface area contributed by atoms with E-state index in [0.29, 0.717) is 6.42 Å². The number of hydrogen-bond donors (Lipinski definition) is 3. The number of rotatable bonds is 4. The van der Waals surface area contributed by atoms with Crippen molar-refractivity contribution in [2.24, 2.45) is 5.92 Å². The van der Waals surface area contributed by atoms with Crippen LogP contribution in [-0.2, 0) is 19.7 Å². The normalized spacial score (nSPS) is 14.9. The molecule has 0 bridgehead atoms. The zero-order valence-corrected chi connectivity index (χ0v) is 16.4. The Labute approximate surface area is 163 Å². The van der Waals surface area contributed by atoms with Crippen LogP contribution in [-0.4, -0.2) is 35.1 Å². The second kappa shape index (κ2) is 13.9. The number of aliphatic carboxylic acids is 2. The van der Waals surface area contributed by atoms with Crippen molar-refractivity contribution < 1.29 is 62.3 Å². The third kappa shape index (κ3) is 15.4. The van der Waals surface area contributed by atoms with E-state index in [-0.39, 0.29) is 46.0 Å². The smallest absolute Gasteiger partial charge is 0.478 e. The van der Waals surface area contributed by atoms with E-state index in [1.807, 2.05) is 0 Å². The quantitative estimate of drug-likeness (QED) is 0.196. The van der Waals surface area contributed by atoms with E-state index in [4.69, 9.17) is 14.8 Å². The van der Waals surface area contributed by atoms with Gasteiger partial charge in [0.05, 0.1) is 0 Å². The van der Waals surface area contributed by atoms with Crippen LogP contribution in [0.1, 0.15) is 13.3 Å². The van der Waals surface area contributed by atoms with Gasteiger partial charge in [-0.05, 0) is 12.8 Å². The Hall–Kier alpha value is -1.45. The molecule has 0 heterocycles. The molecule has 0 amide bonds. The first-order chi connectivity index (χ1) is 10.4. The van der Waals surface area contributed by atoms with Crippen LogP contribution < -0.4 is 29.6 Å². The maximum atomic E-state index is 10.6. The molecule has 0 saturated heterocycles. The summed E-state index contributed by atoms with van der Waals surface area (Å²) in [5.41, 5.74) is 0.176. The number of carbonyl (C=O) groups is 2. The van der Waals surface area contributed by atoms with E-state index in [1.54, 1.807) is 12.2 Å². The molecule has 7 nitrogen and oxygen atoms in total. The van der Waals surface area contributed by atoms with Gasteiger partial charge in [0.25, 0.3) is 10.1 Å². The van der Waals surface area contributed by atoms with Gasteiger partial charge in [0.15, 0.2) is 0 Å². The minimum absolute atomic E-state index is 0. The first-order valence-electron chi connectivity index (χ1n) is 6.09. The molecule has 0 fully saturated rings. The zero-order valence-electron chi connectivity index (χ0n) is 13.6. The molecule has 1 rings (SSSR count). The van der Waals surface area contributed by atoms with Crippen LogP contribution in [0.25, 0.3) is 0 Å². The summed E-state index contributed by atoms with van der Waals surface area (Å²) in [5, 5.41) is 15.5. The molecule has 128 valence electrons. The number of carboxylic acid groups (broad SMARTS) is 2. The second-order valence-corrected chi connectivity index (χ2v) is 5.51. The molecule has 0 saturated carbocycles. The molecule has 9 heteroatoms. The van der Waals surface area contributed by atoms with E-state index in [9.17, 15) is 18.0 Å². The molecule has 0 aromatic carbocycles. The number of carboxylic acids is 2. The summed E-state index contributed by atoms with van der Waals surface area (Å²) < 4.78 is 29.7. The number of allylic oxidation sites excluding steroid dienone is 4. The fourth-order valence-electron chi connectivity index (χ4n) is 0.903. The maximum Gasteiger partial charge on any atom is 1.00 e. The summed E-state index contributed by atoms with van der Waals surface area (Å²) in [6.07, 6.45) is 8.58. The van der Waals surface area contributed by atoms with Crippen LogP contribution in [0.15, 0.2) is 54.5 Å². The molecule has 1 unspecified atom stereocenters. The maximum absolute atomic E-state index is 10.6. The second-order valence-electron chi connectivity index (χ2n) is 4.12.